The van der Waals surface area contributed by atoms with Gasteiger partial charge in [-0.25, -0.2) is 0 Å². The van der Waals surface area contributed by atoms with E-state index >= 15 is 0 Å². The Bertz CT molecular complexity index is 1300. The van der Waals surface area contributed by atoms with E-state index in [2.05, 4.69) is 81.0 Å². The topological polar surface area (TPSA) is 16.8 Å². The van der Waals surface area contributed by atoms with E-state index in [4.69, 9.17) is 4.98 Å². The Labute approximate surface area is 206 Å². The first-order valence-electron chi connectivity index (χ1n) is 11.9. The first-order chi connectivity index (χ1) is 15.5. The van der Waals surface area contributed by atoms with E-state index < -0.39 is 0 Å². The van der Waals surface area contributed by atoms with Gasteiger partial charge in [-0.3, -0.25) is 0 Å². The van der Waals surface area contributed by atoms with E-state index in [0.29, 0.717) is 5.92 Å². The van der Waals surface area contributed by atoms with Crippen LogP contribution in [-0.4, -0.2) is 25.9 Å². The molecule has 1 fully saturated rings. The molecule has 2 aromatic heterocycles. The summed E-state index contributed by atoms with van der Waals surface area (Å²) in [7, 11) is 2.16. The summed E-state index contributed by atoms with van der Waals surface area (Å²) in [6.07, 6.45) is 9.25. The molecule has 4 aromatic rings. The number of nitrogens with zero attached hydrogens (tertiary/aromatic N) is 2. The minimum atomic E-state index is -0.154. The van der Waals surface area contributed by atoms with Crippen LogP contribution in [0.3, 0.4) is 0 Å². The Morgan fingerprint density at radius 3 is 2.47 bits per heavy atom. The monoisotopic (exact) mass is 559 g/mol. The van der Waals surface area contributed by atoms with Crippen molar-refractivity contribution < 1.29 is 4.57 Å². The van der Waals surface area contributed by atoms with Crippen LogP contribution in [0.25, 0.3) is 32.2 Å². The molecular formula is C28H33N2STe+. The molecule has 0 bridgehead atoms. The fourth-order valence-electron chi connectivity index (χ4n) is 5.19. The second kappa shape index (κ2) is 9.05. The van der Waals surface area contributed by atoms with Gasteiger partial charge in [0.2, 0.25) is 0 Å². The molecule has 32 heavy (non-hydrogen) atoms. The Morgan fingerprint density at radius 2 is 1.75 bits per heavy atom. The van der Waals surface area contributed by atoms with Gasteiger partial charge in [-0.05, 0) is 0 Å². The summed E-state index contributed by atoms with van der Waals surface area (Å²) in [4.78, 5) is 4.92. The molecule has 0 aliphatic heterocycles. The predicted octanol–water partition coefficient (Wildman–Crippen LogP) is 6.76. The van der Waals surface area contributed by atoms with Crippen LogP contribution in [0, 0.1) is 13.8 Å². The fourth-order valence-corrected chi connectivity index (χ4v) is 11.6. The van der Waals surface area contributed by atoms with Gasteiger partial charge >= 0.3 is 207 Å². The zero-order valence-electron chi connectivity index (χ0n) is 19.9. The minimum absolute atomic E-state index is 0.154. The standard InChI is InChI=1S/C28H33N2STe/c1-17(2)23-15-24(18(3)21-13-9-10-14-22(21)23)26-27-25(29-16-30(26)5)19(4)28(31-27)32-20-11-7-6-8-12-20/h9-10,13-17,20H,6-8,11-12H2,1-5H3/q+1. The van der Waals surface area contributed by atoms with E-state index in [9.17, 15) is 0 Å². The van der Waals surface area contributed by atoms with Crippen molar-refractivity contribution in [2.75, 3.05) is 0 Å². The Kier molecular flexibility index (Phi) is 6.32. The van der Waals surface area contributed by atoms with E-state index in [-0.39, 0.29) is 20.9 Å². The van der Waals surface area contributed by atoms with Crippen molar-refractivity contribution in [3.05, 3.63) is 53.3 Å². The van der Waals surface area contributed by atoms with Crippen molar-refractivity contribution in [1.82, 2.24) is 4.98 Å². The average molecular weight is 557 g/mol. The normalized spacial score (nSPS) is 15.3. The maximum absolute atomic E-state index is 4.92. The van der Waals surface area contributed by atoms with Crippen molar-refractivity contribution in [3.8, 4) is 11.3 Å². The van der Waals surface area contributed by atoms with Gasteiger partial charge in [0.1, 0.15) is 0 Å². The second-order valence-electron chi connectivity index (χ2n) is 9.61. The van der Waals surface area contributed by atoms with Crippen molar-refractivity contribution in [2.45, 2.75) is 69.7 Å². The Morgan fingerprint density at radius 1 is 1.03 bits per heavy atom. The van der Waals surface area contributed by atoms with E-state index in [1.165, 1.54) is 81.0 Å². The van der Waals surface area contributed by atoms with Gasteiger partial charge in [0.15, 0.2) is 0 Å². The first-order valence-corrected chi connectivity index (χ1v) is 15.3. The average Bonchev–Trinajstić information content (AvgIpc) is 3.10. The number of benzene rings is 2. The Hall–Kier alpha value is -1.47. The van der Waals surface area contributed by atoms with Gasteiger partial charge in [0.25, 0.3) is 0 Å². The number of hydrogen-bond acceptors (Lipinski definition) is 2. The van der Waals surface area contributed by atoms with Crippen molar-refractivity contribution in [2.24, 2.45) is 7.05 Å². The zero-order chi connectivity index (χ0) is 22.4. The molecule has 1 aliphatic rings. The quantitative estimate of drug-likeness (QED) is 0.200. The molecule has 4 heteroatoms. The molecule has 0 N–H and O–H groups in total. The van der Waals surface area contributed by atoms with Crippen LogP contribution in [0.4, 0.5) is 0 Å². The molecule has 2 aromatic carbocycles. The van der Waals surface area contributed by atoms with Gasteiger partial charge in [0, 0.05) is 0 Å². The number of thiophene rings is 1. The molecular weight excluding hydrogens is 524 g/mol. The number of aryl methyl sites for hydroxylation is 3. The summed E-state index contributed by atoms with van der Waals surface area (Å²) in [5, 5.41) is 2.77. The molecule has 0 atom stereocenters. The summed E-state index contributed by atoms with van der Waals surface area (Å²) in [5.74, 6) is 0.487. The van der Waals surface area contributed by atoms with Gasteiger partial charge in [-0.15, -0.1) is 0 Å². The molecule has 2 heterocycles. The molecule has 0 amide bonds. The summed E-state index contributed by atoms with van der Waals surface area (Å²) >= 11 is 1.90. The molecule has 0 radical (unpaired) electrons. The first kappa shape index (κ1) is 22.3. The van der Waals surface area contributed by atoms with Crippen molar-refractivity contribution in [3.63, 3.8) is 0 Å². The van der Waals surface area contributed by atoms with Crippen LogP contribution in [0.5, 0.6) is 0 Å². The number of aromatic nitrogens is 2. The van der Waals surface area contributed by atoms with Crippen LogP contribution in [0.2, 0.25) is 3.97 Å². The number of fused-ring (bicyclic) bond motifs is 2. The van der Waals surface area contributed by atoms with E-state index in [1.54, 1.807) is 2.93 Å². The van der Waals surface area contributed by atoms with Crippen LogP contribution in [0.1, 0.15) is 68.6 Å². The van der Waals surface area contributed by atoms with E-state index in [0.717, 1.165) is 3.97 Å². The molecule has 0 unspecified atom stereocenters. The van der Waals surface area contributed by atoms with Crippen molar-refractivity contribution >= 4 is 56.2 Å². The zero-order valence-corrected chi connectivity index (χ0v) is 23.0. The second-order valence-corrected chi connectivity index (χ2v) is 15.2. The number of hydrogen-bond donors (Lipinski definition) is 0. The molecule has 1 saturated carbocycles. The SMILES string of the molecule is Cc1c(-c2c3sc([Te]C4CCCCC4)c(C)c3nc[n+]2C)cc(C(C)C)c2ccccc12. The summed E-state index contributed by atoms with van der Waals surface area (Å²) in [6.45, 7) is 9.24. The maximum atomic E-state index is 4.92. The van der Waals surface area contributed by atoms with Crippen LogP contribution in [-0.2, 0) is 7.05 Å². The molecule has 0 saturated heterocycles. The van der Waals surface area contributed by atoms with Gasteiger partial charge in [-0.2, -0.15) is 0 Å². The summed E-state index contributed by atoms with van der Waals surface area (Å²) < 4.78 is 6.30. The van der Waals surface area contributed by atoms with E-state index in [1.807, 2.05) is 6.33 Å². The van der Waals surface area contributed by atoms with Crippen molar-refractivity contribution in [1.29, 1.82) is 0 Å². The summed E-state index contributed by atoms with van der Waals surface area (Å²) in [6, 6.07) is 11.4. The van der Waals surface area contributed by atoms with Crippen LogP contribution in [0.15, 0.2) is 36.7 Å². The molecule has 166 valence electrons. The molecule has 5 rings (SSSR count). The summed E-state index contributed by atoms with van der Waals surface area (Å²) in [5.41, 5.74) is 8.23. The third-order valence-electron chi connectivity index (χ3n) is 7.05. The van der Waals surface area contributed by atoms with Gasteiger partial charge in [-0.1, -0.05) is 0 Å². The van der Waals surface area contributed by atoms with Crippen LogP contribution >= 0.6 is 11.3 Å². The third-order valence-corrected chi connectivity index (χ3v) is 13.3. The molecule has 0 spiro atoms. The van der Waals surface area contributed by atoms with Crippen LogP contribution < -0.4 is 7.49 Å². The van der Waals surface area contributed by atoms with Gasteiger partial charge in [0.05, 0.1) is 0 Å². The fraction of sp³-hybridized carbons (Fsp3) is 0.429. The van der Waals surface area contributed by atoms with Gasteiger partial charge < -0.3 is 0 Å². The predicted molar refractivity (Wildman–Crippen MR) is 140 cm³/mol. The third kappa shape index (κ3) is 3.89. The Balaban J connectivity index is 1.72. The number of rotatable bonds is 4. The molecule has 1 aliphatic carbocycles. The molecule has 2 nitrogen and oxygen atoms in total.